The monoisotopic (exact) mass is 413 g/mol. The maximum absolute atomic E-state index is 13.0. The number of sulfonamides is 1. The molecule has 6 nitrogen and oxygen atoms in total. The number of benzene rings is 1. The first-order valence-electron chi connectivity index (χ1n) is 10.1. The molecule has 29 heavy (non-hydrogen) atoms. The number of hydrogen-bond donors (Lipinski definition) is 0. The highest BCUT2D eigenvalue weighted by molar-refractivity contribution is 7.89. The Hall–Kier alpha value is -2.25. The van der Waals surface area contributed by atoms with Gasteiger partial charge >= 0.3 is 0 Å². The molecule has 1 saturated heterocycles. The minimum Gasteiger partial charge on any atom is -0.340 e. The molecule has 1 aliphatic carbocycles. The van der Waals surface area contributed by atoms with Crippen LogP contribution < -0.4 is 0 Å². The molecule has 1 saturated carbocycles. The number of aryl methyl sites for hydroxylation is 1. The smallest absolute Gasteiger partial charge is 0.243 e. The minimum absolute atomic E-state index is 0.0854. The first-order valence-corrected chi connectivity index (χ1v) is 11.5. The molecule has 2 aliphatic rings. The zero-order valence-corrected chi connectivity index (χ0v) is 17.7. The third-order valence-electron chi connectivity index (χ3n) is 6.31. The van der Waals surface area contributed by atoms with Crippen molar-refractivity contribution in [1.82, 2.24) is 14.2 Å². The Morgan fingerprint density at radius 2 is 2.00 bits per heavy atom. The van der Waals surface area contributed by atoms with E-state index >= 15 is 0 Å². The Morgan fingerprint density at radius 3 is 2.66 bits per heavy atom. The summed E-state index contributed by atoms with van der Waals surface area (Å²) in [5.41, 5.74) is 1.76. The summed E-state index contributed by atoms with van der Waals surface area (Å²) in [6, 6.07) is 12.8. The van der Waals surface area contributed by atoms with E-state index in [1.165, 1.54) is 0 Å². The predicted molar refractivity (Wildman–Crippen MR) is 110 cm³/mol. The SMILES string of the molecule is CCc1ccc(S(=O)(=O)N2CC[C@@]3(C[C@H]3C(=O)N(C)Cc3ccccn3)C2)cc1. The maximum Gasteiger partial charge on any atom is 0.243 e. The standard InChI is InChI=1S/C22H27N3O3S/c1-3-17-7-9-19(10-8-17)29(27,28)25-13-11-22(16-25)14-20(22)21(26)24(2)15-18-6-4-5-12-23-18/h4-10,12,20H,3,11,13-16H2,1-2H3/t20-,22+/m0/s1. The Bertz CT molecular complexity index is 992. The summed E-state index contributed by atoms with van der Waals surface area (Å²) in [6.45, 7) is 3.42. The molecule has 0 N–H and O–H groups in total. The summed E-state index contributed by atoms with van der Waals surface area (Å²) in [6.07, 6.45) is 4.11. The lowest BCUT2D eigenvalue weighted by atomic mass is 10.0. The first kappa shape index (κ1) is 20.0. The van der Waals surface area contributed by atoms with Crippen LogP contribution in [0.3, 0.4) is 0 Å². The van der Waals surface area contributed by atoms with Crippen molar-refractivity contribution in [1.29, 1.82) is 0 Å². The molecular weight excluding hydrogens is 386 g/mol. The molecule has 1 aromatic heterocycles. The summed E-state index contributed by atoms with van der Waals surface area (Å²) < 4.78 is 27.6. The second-order valence-corrected chi connectivity index (χ2v) is 10.2. The van der Waals surface area contributed by atoms with Crippen molar-refractivity contribution >= 4 is 15.9 Å². The lowest BCUT2D eigenvalue weighted by molar-refractivity contribution is -0.132. The molecule has 2 fully saturated rings. The fraction of sp³-hybridized carbons (Fsp3) is 0.455. The lowest BCUT2D eigenvalue weighted by Crippen LogP contribution is -2.32. The Labute approximate surface area is 172 Å². The molecule has 1 aliphatic heterocycles. The highest BCUT2D eigenvalue weighted by atomic mass is 32.2. The van der Waals surface area contributed by atoms with Crippen LogP contribution in [0, 0.1) is 11.3 Å². The predicted octanol–water partition coefficient (Wildman–Crippen LogP) is 2.70. The van der Waals surface area contributed by atoms with E-state index in [1.807, 2.05) is 37.3 Å². The van der Waals surface area contributed by atoms with Gasteiger partial charge in [0.1, 0.15) is 0 Å². The Balaban J connectivity index is 1.41. The van der Waals surface area contributed by atoms with Gasteiger partial charge < -0.3 is 4.90 Å². The fourth-order valence-corrected chi connectivity index (χ4v) is 5.87. The van der Waals surface area contributed by atoms with Gasteiger partial charge in [0.25, 0.3) is 0 Å². The second kappa shape index (κ2) is 7.54. The molecule has 1 amide bonds. The van der Waals surface area contributed by atoms with Gasteiger partial charge in [-0.2, -0.15) is 4.31 Å². The quantitative estimate of drug-likeness (QED) is 0.730. The Morgan fingerprint density at radius 1 is 1.24 bits per heavy atom. The number of hydrogen-bond acceptors (Lipinski definition) is 4. The number of amides is 1. The number of nitrogens with zero attached hydrogens (tertiary/aromatic N) is 3. The van der Waals surface area contributed by atoms with Crippen LogP contribution in [0.15, 0.2) is 53.6 Å². The van der Waals surface area contributed by atoms with Crippen LogP contribution in [-0.2, 0) is 27.8 Å². The van der Waals surface area contributed by atoms with Gasteiger partial charge in [-0.1, -0.05) is 25.1 Å². The van der Waals surface area contributed by atoms with Crippen molar-refractivity contribution in [2.75, 3.05) is 20.1 Å². The number of carbonyl (C=O) groups is 1. The topological polar surface area (TPSA) is 70.6 Å². The van der Waals surface area contributed by atoms with Crippen LogP contribution in [0.25, 0.3) is 0 Å². The summed E-state index contributed by atoms with van der Waals surface area (Å²) >= 11 is 0. The molecule has 2 heterocycles. The van der Waals surface area contributed by atoms with Gasteiger partial charge in [-0.05, 0) is 54.5 Å². The molecule has 2 aromatic rings. The molecular formula is C22H27N3O3S. The average Bonchev–Trinajstić information content (AvgIpc) is 3.26. The highest BCUT2D eigenvalue weighted by Gasteiger charge is 2.62. The molecule has 4 rings (SSSR count). The minimum atomic E-state index is -3.51. The number of carbonyl (C=O) groups excluding carboxylic acids is 1. The van der Waals surface area contributed by atoms with E-state index in [-0.39, 0.29) is 17.2 Å². The van der Waals surface area contributed by atoms with Crippen LogP contribution in [-0.4, -0.2) is 48.7 Å². The molecule has 1 aromatic carbocycles. The molecule has 154 valence electrons. The van der Waals surface area contributed by atoms with Crippen LogP contribution in [0.5, 0.6) is 0 Å². The van der Waals surface area contributed by atoms with Crippen LogP contribution >= 0.6 is 0 Å². The van der Waals surface area contributed by atoms with Crippen molar-refractivity contribution < 1.29 is 13.2 Å². The molecule has 0 bridgehead atoms. The number of rotatable bonds is 6. The fourth-order valence-electron chi connectivity index (χ4n) is 4.33. The maximum atomic E-state index is 13.0. The van der Waals surface area contributed by atoms with Crippen molar-refractivity contribution in [2.45, 2.75) is 37.6 Å². The van der Waals surface area contributed by atoms with Crippen molar-refractivity contribution in [3.8, 4) is 0 Å². The van der Waals surface area contributed by atoms with Crippen molar-refractivity contribution in [3.05, 3.63) is 59.9 Å². The van der Waals surface area contributed by atoms with Crippen LogP contribution in [0.1, 0.15) is 31.0 Å². The van der Waals surface area contributed by atoms with Gasteiger partial charge in [0.05, 0.1) is 17.1 Å². The van der Waals surface area contributed by atoms with E-state index in [9.17, 15) is 13.2 Å². The number of aromatic nitrogens is 1. The summed E-state index contributed by atoms with van der Waals surface area (Å²) in [7, 11) is -1.72. The molecule has 1 spiro atoms. The van der Waals surface area contributed by atoms with Gasteiger partial charge in [0, 0.05) is 32.3 Å². The third-order valence-corrected chi connectivity index (χ3v) is 8.17. The zero-order chi connectivity index (χ0) is 20.6. The molecule has 7 heteroatoms. The van der Waals surface area contributed by atoms with E-state index in [2.05, 4.69) is 4.98 Å². The van der Waals surface area contributed by atoms with E-state index < -0.39 is 10.0 Å². The second-order valence-electron chi connectivity index (χ2n) is 8.22. The van der Waals surface area contributed by atoms with Crippen molar-refractivity contribution in [2.24, 2.45) is 11.3 Å². The molecule has 0 unspecified atom stereocenters. The van der Waals surface area contributed by atoms with Gasteiger partial charge in [-0.15, -0.1) is 0 Å². The van der Waals surface area contributed by atoms with Gasteiger partial charge in [-0.25, -0.2) is 8.42 Å². The molecule has 0 radical (unpaired) electrons. The normalized spacial score (nSPS) is 24.0. The average molecular weight is 414 g/mol. The van der Waals surface area contributed by atoms with Crippen molar-refractivity contribution in [3.63, 3.8) is 0 Å². The lowest BCUT2D eigenvalue weighted by Gasteiger charge is -2.19. The van der Waals surface area contributed by atoms with Crippen LogP contribution in [0.2, 0.25) is 0 Å². The first-order chi connectivity index (χ1) is 13.9. The van der Waals surface area contributed by atoms with Crippen LogP contribution in [0.4, 0.5) is 0 Å². The van der Waals surface area contributed by atoms with E-state index in [4.69, 9.17) is 0 Å². The van der Waals surface area contributed by atoms with E-state index in [0.717, 1.165) is 30.5 Å². The third kappa shape index (κ3) is 3.81. The Kier molecular flexibility index (Phi) is 5.21. The van der Waals surface area contributed by atoms with Gasteiger partial charge in [0.15, 0.2) is 0 Å². The summed E-state index contributed by atoms with van der Waals surface area (Å²) in [5, 5.41) is 0. The van der Waals surface area contributed by atoms with Gasteiger partial charge in [-0.3, -0.25) is 9.78 Å². The largest absolute Gasteiger partial charge is 0.340 e. The highest BCUT2D eigenvalue weighted by Crippen LogP contribution is 2.59. The molecule has 2 atom stereocenters. The van der Waals surface area contributed by atoms with E-state index in [0.29, 0.717) is 24.5 Å². The summed E-state index contributed by atoms with van der Waals surface area (Å²) in [4.78, 5) is 19.2. The summed E-state index contributed by atoms with van der Waals surface area (Å²) in [5.74, 6) is -0.0129. The van der Waals surface area contributed by atoms with E-state index in [1.54, 1.807) is 34.6 Å². The van der Waals surface area contributed by atoms with Gasteiger partial charge in [0.2, 0.25) is 15.9 Å². The zero-order valence-electron chi connectivity index (χ0n) is 16.9. The number of pyridine rings is 1.